The van der Waals surface area contributed by atoms with Gasteiger partial charge in [0.1, 0.15) is 0 Å². The van der Waals surface area contributed by atoms with Gasteiger partial charge in [0.2, 0.25) is 0 Å². The highest BCUT2D eigenvalue weighted by atomic mass is 127. The van der Waals surface area contributed by atoms with Crippen LogP contribution in [0.2, 0.25) is 0 Å². The number of fused-ring (bicyclic) bond motifs is 2. The van der Waals surface area contributed by atoms with Crippen LogP contribution in [0.5, 0.6) is 0 Å². The van der Waals surface area contributed by atoms with E-state index in [9.17, 15) is 0 Å². The third kappa shape index (κ3) is 5.69. The smallest absolute Gasteiger partial charge is 0.164 e. The third-order valence-corrected chi connectivity index (χ3v) is 9.85. The molecule has 1 aliphatic carbocycles. The first kappa shape index (κ1) is 28.5. The highest BCUT2D eigenvalue weighted by Crippen LogP contribution is 2.39. The Kier molecular flexibility index (Phi) is 8.05. The second-order valence-electron chi connectivity index (χ2n) is 11.5. The highest BCUT2D eigenvalue weighted by molar-refractivity contribution is 14.1. The van der Waals surface area contributed by atoms with E-state index in [4.69, 9.17) is 19.9 Å². The monoisotopic (exact) mass is 684 g/mol. The number of allylic oxidation sites excluding steroid dienone is 5. The SMILES string of the molecule is C/C=C\C1=C(C(I)c2ccc(-c3nc(C4=Cc5ccccc5CC4)nc(-c4ccc5ccccc5c4)n3)cc2)N=CCC1C. The number of benzene rings is 4. The van der Waals surface area contributed by atoms with Crippen molar-refractivity contribution in [3.05, 3.63) is 137 Å². The van der Waals surface area contributed by atoms with Crippen molar-refractivity contribution in [3.8, 4) is 22.8 Å². The van der Waals surface area contributed by atoms with Gasteiger partial charge in [0.25, 0.3) is 0 Å². The Hall–Kier alpha value is -4.23. The van der Waals surface area contributed by atoms with Crippen molar-refractivity contribution >= 4 is 51.2 Å². The number of halogens is 1. The number of aryl methyl sites for hydroxylation is 1. The Bertz CT molecular complexity index is 1980. The van der Waals surface area contributed by atoms with Gasteiger partial charge in [0.15, 0.2) is 17.5 Å². The van der Waals surface area contributed by atoms with Crippen LogP contribution in [0.1, 0.15) is 53.1 Å². The fourth-order valence-electron chi connectivity index (χ4n) is 6.08. The molecule has 0 radical (unpaired) electrons. The van der Waals surface area contributed by atoms with E-state index in [2.05, 4.69) is 152 Å². The quantitative estimate of drug-likeness (QED) is 0.132. The number of aromatic nitrogens is 3. The second kappa shape index (κ2) is 12.4. The van der Waals surface area contributed by atoms with Crippen molar-refractivity contribution in [2.45, 2.75) is 37.0 Å². The summed E-state index contributed by atoms with van der Waals surface area (Å²) >= 11 is 2.52. The largest absolute Gasteiger partial charge is 0.264 e. The van der Waals surface area contributed by atoms with Gasteiger partial charge < -0.3 is 0 Å². The molecule has 1 aromatic heterocycles. The van der Waals surface area contributed by atoms with Crippen molar-refractivity contribution in [1.82, 2.24) is 15.0 Å². The molecule has 5 aromatic rings. The summed E-state index contributed by atoms with van der Waals surface area (Å²) in [4.78, 5) is 20.0. The molecule has 1 aliphatic heterocycles. The number of nitrogens with zero attached hydrogens (tertiary/aromatic N) is 4. The van der Waals surface area contributed by atoms with E-state index in [0.717, 1.165) is 47.5 Å². The van der Waals surface area contributed by atoms with Crippen LogP contribution >= 0.6 is 22.6 Å². The number of alkyl halides is 1. The molecular formula is C39H33IN4. The van der Waals surface area contributed by atoms with Crippen LogP contribution in [0.3, 0.4) is 0 Å². The van der Waals surface area contributed by atoms with Gasteiger partial charge in [-0.15, -0.1) is 0 Å². The molecule has 4 nitrogen and oxygen atoms in total. The van der Waals surface area contributed by atoms with Gasteiger partial charge in [-0.3, -0.25) is 4.99 Å². The first-order chi connectivity index (χ1) is 21.6. The van der Waals surface area contributed by atoms with E-state index in [1.807, 2.05) is 0 Å². The van der Waals surface area contributed by atoms with Crippen molar-refractivity contribution in [3.63, 3.8) is 0 Å². The van der Waals surface area contributed by atoms with Gasteiger partial charge in [0, 0.05) is 17.3 Å². The lowest BCUT2D eigenvalue weighted by Crippen LogP contribution is -2.09. The molecule has 216 valence electrons. The Morgan fingerprint density at radius 1 is 0.773 bits per heavy atom. The minimum absolute atomic E-state index is 0.154. The predicted molar refractivity (Wildman–Crippen MR) is 192 cm³/mol. The zero-order valence-corrected chi connectivity index (χ0v) is 27.1. The highest BCUT2D eigenvalue weighted by Gasteiger charge is 2.23. The van der Waals surface area contributed by atoms with Gasteiger partial charge >= 0.3 is 0 Å². The van der Waals surface area contributed by atoms with Gasteiger partial charge in [-0.1, -0.05) is 127 Å². The third-order valence-electron chi connectivity index (χ3n) is 8.54. The predicted octanol–water partition coefficient (Wildman–Crippen LogP) is 10.3. The number of aliphatic imine (C=N–C) groups is 1. The fourth-order valence-corrected chi connectivity index (χ4v) is 7.01. The minimum atomic E-state index is 0.154. The Morgan fingerprint density at radius 3 is 2.30 bits per heavy atom. The van der Waals surface area contributed by atoms with Crippen molar-refractivity contribution in [2.24, 2.45) is 10.9 Å². The number of hydrogen-bond acceptors (Lipinski definition) is 4. The maximum Gasteiger partial charge on any atom is 0.164 e. The van der Waals surface area contributed by atoms with E-state index in [-0.39, 0.29) is 3.92 Å². The molecule has 0 fully saturated rings. The molecule has 2 heterocycles. The lowest BCUT2D eigenvalue weighted by atomic mass is 9.91. The minimum Gasteiger partial charge on any atom is -0.264 e. The van der Waals surface area contributed by atoms with Crippen LogP contribution in [-0.4, -0.2) is 21.2 Å². The average Bonchev–Trinajstić information content (AvgIpc) is 3.08. The lowest BCUT2D eigenvalue weighted by Gasteiger charge is -2.22. The summed E-state index contributed by atoms with van der Waals surface area (Å²) in [6.07, 6.45) is 11.5. The molecule has 0 bridgehead atoms. The van der Waals surface area contributed by atoms with Crippen LogP contribution in [-0.2, 0) is 6.42 Å². The summed E-state index contributed by atoms with van der Waals surface area (Å²) in [7, 11) is 0. The molecule has 2 atom stereocenters. The molecule has 5 heteroatoms. The van der Waals surface area contributed by atoms with Crippen molar-refractivity contribution < 1.29 is 0 Å². The van der Waals surface area contributed by atoms with E-state index < -0.39 is 0 Å². The standard InChI is InChI=1S/C39H33IN4/c1-3-8-34-25(2)21-22-41-36(34)35(40)28-15-17-29(18-16-28)37-42-38(32-19-13-26-9-4-6-11-30(26)23-32)44-39(43-37)33-20-14-27-10-5-7-12-31(27)24-33/h3-13,15-19,22-25,35H,14,20-21H2,1-2H3/b8-3-. The van der Waals surface area contributed by atoms with Crippen LogP contribution in [0.4, 0.5) is 0 Å². The van der Waals surface area contributed by atoms with Crippen LogP contribution < -0.4 is 0 Å². The summed E-state index contributed by atoms with van der Waals surface area (Å²) in [6.45, 7) is 4.35. The van der Waals surface area contributed by atoms with E-state index in [1.165, 1.54) is 33.0 Å². The lowest BCUT2D eigenvalue weighted by molar-refractivity contribution is 0.710. The molecule has 4 aromatic carbocycles. The second-order valence-corrected chi connectivity index (χ2v) is 12.8. The Balaban J connectivity index is 1.30. The average molecular weight is 685 g/mol. The van der Waals surface area contributed by atoms with E-state index in [1.54, 1.807) is 0 Å². The molecule has 7 rings (SSSR count). The van der Waals surface area contributed by atoms with Crippen LogP contribution in [0.15, 0.2) is 119 Å². The maximum absolute atomic E-state index is 5.06. The number of hydrogen-bond donors (Lipinski definition) is 0. The van der Waals surface area contributed by atoms with E-state index >= 15 is 0 Å². The first-order valence-electron chi connectivity index (χ1n) is 15.2. The topological polar surface area (TPSA) is 51.0 Å². The number of rotatable bonds is 6. The summed E-state index contributed by atoms with van der Waals surface area (Å²) in [5, 5.41) is 2.37. The van der Waals surface area contributed by atoms with Gasteiger partial charge in [-0.05, 0) is 82.9 Å². The van der Waals surface area contributed by atoms with Crippen LogP contribution in [0.25, 0.3) is 45.2 Å². The molecule has 0 N–H and O–H groups in total. The summed E-state index contributed by atoms with van der Waals surface area (Å²) < 4.78 is 0.154. The maximum atomic E-state index is 5.06. The van der Waals surface area contributed by atoms with Crippen LogP contribution in [0, 0.1) is 5.92 Å². The first-order valence-corrected chi connectivity index (χ1v) is 16.5. The van der Waals surface area contributed by atoms with Crippen molar-refractivity contribution in [1.29, 1.82) is 0 Å². The van der Waals surface area contributed by atoms with Gasteiger partial charge in [-0.2, -0.15) is 0 Å². The molecule has 0 spiro atoms. The summed E-state index contributed by atoms with van der Waals surface area (Å²) in [5.41, 5.74) is 9.40. The Labute approximate surface area is 272 Å². The van der Waals surface area contributed by atoms with E-state index in [0.29, 0.717) is 17.6 Å². The Morgan fingerprint density at radius 2 is 1.48 bits per heavy atom. The molecule has 0 saturated heterocycles. The molecular weight excluding hydrogens is 651 g/mol. The van der Waals surface area contributed by atoms with Crippen molar-refractivity contribution in [2.75, 3.05) is 0 Å². The molecule has 0 saturated carbocycles. The normalized spacial score (nSPS) is 17.2. The summed E-state index contributed by atoms with van der Waals surface area (Å²) in [6, 6.07) is 32.1. The zero-order chi connectivity index (χ0) is 30.0. The molecule has 0 amide bonds. The molecule has 2 aliphatic rings. The summed E-state index contributed by atoms with van der Waals surface area (Å²) in [5.74, 6) is 2.59. The van der Waals surface area contributed by atoms with Gasteiger partial charge in [0.05, 0.1) is 9.62 Å². The molecule has 44 heavy (non-hydrogen) atoms. The fraction of sp³-hybridized carbons (Fsp3) is 0.179. The molecule has 2 unspecified atom stereocenters. The zero-order valence-electron chi connectivity index (χ0n) is 24.9. The van der Waals surface area contributed by atoms with Gasteiger partial charge in [-0.25, -0.2) is 15.0 Å².